The molecule has 0 fully saturated rings. The number of carboxylic acid groups (broad SMARTS) is 1. The van der Waals surface area contributed by atoms with E-state index in [2.05, 4.69) is 4.74 Å². The molecule has 0 heterocycles. The van der Waals surface area contributed by atoms with Gasteiger partial charge in [0, 0.05) is 12.8 Å². The number of hydrogen-bond acceptors (Lipinski definition) is 3. The molecule has 0 rings (SSSR count). The van der Waals surface area contributed by atoms with E-state index in [1.807, 2.05) is 6.92 Å². The molecule has 0 aromatic heterocycles. The standard InChI is InChI=1S/C12H22O4/c1-10(9-11(13)14)7-5-3-4-6-8-12(15)16-2/h10H,3-9H2,1-2H3,(H,13,14). The molecular formula is C12H22O4. The van der Waals surface area contributed by atoms with Crippen LogP contribution in [-0.4, -0.2) is 24.2 Å². The highest BCUT2D eigenvalue weighted by atomic mass is 16.5. The summed E-state index contributed by atoms with van der Waals surface area (Å²) in [5.41, 5.74) is 0. The van der Waals surface area contributed by atoms with Gasteiger partial charge in [0.2, 0.25) is 0 Å². The van der Waals surface area contributed by atoms with Gasteiger partial charge in [0.05, 0.1) is 7.11 Å². The van der Waals surface area contributed by atoms with E-state index in [1.54, 1.807) is 0 Å². The Labute approximate surface area is 97.0 Å². The molecule has 94 valence electrons. The van der Waals surface area contributed by atoms with Crippen molar-refractivity contribution in [3.8, 4) is 0 Å². The summed E-state index contributed by atoms with van der Waals surface area (Å²) in [6, 6.07) is 0. The van der Waals surface area contributed by atoms with Crippen molar-refractivity contribution in [2.45, 2.75) is 51.9 Å². The average molecular weight is 230 g/mol. The number of rotatable bonds is 9. The Balaban J connectivity index is 3.26. The largest absolute Gasteiger partial charge is 0.481 e. The van der Waals surface area contributed by atoms with Gasteiger partial charge in [-0.25, -0.2) is 0 Å². The zero-order valence-corrected chi connectivity index (χ0v) is 10.2. The first-order valence-electron chi connectivity index (χ1n) is 5.85. The van der Waals surface area contributed by atoms with Crippen LogP contribution in [0, 0.1) is 5.92 Å². The normalized spacial score (nSPS) is 12.1. The van der Waals surface area contributed by atoms with E-state index < -0.39 is 5.97 Å². The van der Waals surface area contributed by atoms with Crippen LogP contribution in [0.2, 0.25) is 0 Å². The lowest BCUT2D eigenvalue weighted by molar-refractivity contribution is -0.141. The van der Waals surface area contributed by atoms with Crippen LogP contribution in [0.5, 0.6) is 0 Å². The first kappa shape index (κ1) is 14.9. The maximum atomic E-state index is 10.8. The highest BCUT2D eigenvalue weighted by Gasteiger charge is 2.06. The Morgan fingerprint density at radius 1 is 1.19 bits per heavy atom. The lowest BCUT2D eigenvalue weighted by Gasteiger charge is -2.07. The maximum Gasteiger partial charge on any atom is 0.305 e. The molecular weight excluding hydrogens is 208 g/mol. The van der Waals surface area contributed by atoms with E-state index in [4.69, 9.17) is 5.11 Å². The topological polar surface area (TPSA) is 63.6 Å². The van der Waals surface area contributed by atoms with Crippen molar-refractivity contribution in [1.82, 2.24) is 0 Å². The van der Waals surface area contributed by atoms with E-state index in [9.17, 15) is 9.59 Å². The molecule has 1 atom stereocenters. The molecule has 0 aliphatic rings. The summed E-state index contributed by atoms with van der Waals surface area (Å²) in [4.78, 5) is 21.2. The first-order valence-corrected chi connectivity index (χ1v) is 5.85. The van der Waals surface area contributed by atoms with Crippen molar-refractivity contribution < 1.29 is 19.4 Å². The van der Waals surface area contributed by atoms with E-state index in [0.717, 1.165) is 32.1 Å². The smallest absolute Gasteiger partial charge is 0.305 e. The summed E-state index contributed by atoms with van der Waals surface area (Å²) in [5, 5.41) is 8.56. The Morgan fingerprint density at radius 3 is 2.38 bits per heavy atom. The van der Waals surface area contributed by atoms with Gasteiger partial charge in [-0.3, -0.25) is 9.59 Å². The second kappa shape index (κ2) is 9.19. The number of esters is 1. The number of unbranched alkanes of at least 4 members (excludes halogenated alkanes) is 3. The quantitative estimate of drug-likeness (QED) is 0.488. The summed E-state index contributed by atoms with van der Waals surface area (Å²) in [6.45, 7) is 1.96. The van der Waals surface area contributed by atoms with Gasteiger partial charge in [0.1, 0.15) is 0 Å². The minimum atomic E-state index is -0.724. The monoisotopic (exact) mass is 230 g/mol. The molecule has 0 aliphatic heterocycles. The molecule has 0 aliphatic carbocycles. The zero-order valence-electron chi connectivity index (χ0n) is 10.2. The van der Waals surface area contributed by atoms with E-state index in [0.29, 0.717) is 6.42 Å². The van der Waals surface area contributed by atoms with Crippen LogP contribution in [0.25, 0.3) is 0 Å². The van der Waals surface area contributed by atoms with Crippen LogP contribution in [0.15, 0.2) is 0 Å². The summed E-state index contributed by atoms with van der Waals surface area (Å²) >= 11 is 0. The van der Waals surface area contributed by atoms with Gasteiger partial charge >= 0.3 is 11.9 Å². The molecule has 0 amide bonds. The number of hydrogen-bond donors (Lipinski definition) is 1. The lowest BCUT2D eigenvalue weighted by atomic mass is 9.99. The predicted octanol–water partition coefficient (Wildman–Crippen LogP) is 2.61. The number of carbonyl (C=O) groups excluding carboxylic acids is 1. The van der Waals surface area contributed by atoms with Crippen LogP contribution >= 0.6 is 0 Å². The van der Waals surface area contributed by atoms with Crippen molar-refractivity contribution in [3.05, 3.63) is 0 Å². The highest BCUT2D eigenvalue weighted by molar-refractivity contribution is 5.69. The van der Waals surface area contributed by atoms with Gasteiger partial charge in [0.25, 0.3) is 0 Å². The number of ether oxygens (including phenoxy) is 1. The van der Waals surface area contributed by atoms with Gasteiger partial charge in [-0.1, -0.05) is 32.6 Å². The summed E-state index contributed by atoms with van der Waals surface area (Å²) in [7, 11) is 1.40. The van der Waals surface area contributed by atoms with E-state index >= 15 is 0 Å². The van der Waals surface area contributed by atoms with Gasteiger partial charge in [0.15, 0.2) is 0 Å². The van der Waals surface area contributed by atoms with Crippen molar-refractivity contribution in [3.63, 3.8) is 0 Å². The predicted molar refractivity (Wildman–Crippen MR) is 61.1 cm³/mol. The van der Waals surface area contributed by atoms with Crippen LogP contribution in [0.3, 0.4) is 0 Å². The van der Waals surface area contributed by atoms with Gasteiger partial charge in [-0.2, -0.15) is 0 Å². The van der Waals surface area contributed by atoms with Crippen molar-refractivity contribution in [2.24, 2.45) is 5.92 Å². The Hall–Kier alpha value is -1.06. The van der Waals surface area contributed by atoms with E-state index in [-0.39, 0.29) is 18.3 Å². The summed E-state index contributed by atoms with van der Waals surface area (Å²) in [5.74, 6) is -0.629. The fourth-order valence-electron chi connectivity index (χ4n) is 1.62. The maximum absolute atomic E-state index is 10.8. The molecule has 0 radical (unpaired) electrons. The van der Waals surface area contributed by atoms with Gasteiger partial charge in [-0.15, -0.1) is 0 Å². The van der Waals surface area contributed by atoms with Crippen molar-refractivity contribution >= 4 is 11.9 Å². The van der Waals surface area contributed by atoms with Gasteiger partial charge < -0.3 is 9.84 Å². The molecule has 0 saturated carbocycles. The Kier molecular flexibility index (Phi) is 8.58. The fourth-order valence-corrected chi connectivity index (χ4v) is 1.62. The minimum absolute atomic E-state index is 0.153. The zero-order chi connectivity index (χ0) is 12.4. The molecule has 16 heavy (non-hydrogen) atoms. The highest BCUT2D eigenvalue weighted by Crippen LogP contribution is 2.14. The number of carboxylic acids is 1. The number of methoxy groups -OCH3 is 1. The molecule has 4 nitrogen and oxygen atoms in total. The first-order chi connectivity index (χ1) is 7.56. The lowest BCUT2D eigenvalue weighted by Crippen LogP contribution is -2.04. The molecule has 1 unspecified atom stereocenters. The SMILES string of the molecule is COC(=O)CCCCCCC(C)CC(=O)O. The third kappa shape index (κ3) is 9.49. The minimum Gasteiger partial charge on any atom is -0.481 e. The molecule has 0 aromatic carbocycles. The number of carbonyl (C=O) groups is 2. The van der Waals surface area contributed by atoms with Crippen molar-refractivity contribution in [1.29, 1.82) is 0 Å². The van der Waals surface area contributed by atoms with Crippen LogP contribution in [0.4, 0.5) is 0 Å². The Bertz CT molecular complexity index is 213. The average Bonchev–Trinajstić information content (AvgIpc) is 2.21. The molecule has 0 saturated heterocycles. The third-order valence-electron chi connectivity index (χ3n) is 2.58. The molecule has 1 N–H and O–H groups in total. The van der Waals surface area contributed by atoms with Crippen LogP contribution in [-0.2, 0) is 14.3 Å². The second-order valence-corrected chi connectivity index (χ2v) is 4.23. The van der Waals surface area contributed by atoms with Crippen LogP contribution in [0.1, 0.15) is 51.9 Å². The third-order valence-corrected chi connectivity index (χ3v) is 2.58. The Morgan fingerprint density at radius 2 is 1.81 bits per heavy atom. The van der Waals surface area contributed by atoms with Crippen LogP contribution < -0.4 is 0 Å². The molecule has 0 aromatic rings. The number of aliphatic carboxylic acids is 1. The summed E-state index contributed by atoms with van der Waals surface area (Å²) in [6.07, 6.45) is 5.65. The second-order valence-electron chi connectivity index (χ2n) is 4.23. The van der Waals surface area contributed by atoms with Crippen molar-refractivity contribution in [2.75, 3.05) is 7.11 Å². The molecule has 0 bridgehead atoms. The summed E-state index contributed by atoms with van der Waals surface area (Å²) < 4.78 is 4.53. The van der Waals surface area contributed by atoms with E-state index in [1.165, 1.54) is 7.11 Å². The molecule has 4 heteroatoms. The fraction of sp³-hybridized carbons (Fsp3) is 0.833. The van der Waals surface area contributed by atoms with Gasteiger partial charge in [-0.05, 0) is 12.3 Å². The molecule has 0 spiro atoms.